The molecule has 1 aromatic rings. The third-order valence-corrected chi connectivity index (χ3v) is 3.53. The number of benzene rings is 1. The van der Waals surface area contributed by atoms with Crippen LogP contribution in [0.1, 0.15) is 25.5 Å². The second-order valence-corrected chi connectivity index (χ2v) is 5.65. The number of halogens is 2. The van der Waals surface area contributed by atoms with E-state index in [-0.39, 0.29) is 6.04 Å². The van der Waals surface area contributed by atoms with Gasteiger partial charge in [0.05, 0.1) is 0 Å². The minimum Gasteiger partial charge on any atom is -0.271 e. The Morgan fingerprint density at radius 2 is 2.07 bits per heavy atom. The third kappa shape index (κ3) is 2.92. The molecule has 78 valence electrons. The zero-order chi connectivity index (χ0) is 10.7. The SMILES string of the molecule is CC(C)C(NN)c1cc(I)ccc1Br. The Hall–Kier alpha value is 0.350. The second-order valence-electron chi connectivity index (χ2n) is 3.55. The molecule has 0 aliphatic carbocycles. The summed E-state index contributed by atoms with van der Waals surface area (Å²) < 4.78 is 2.33. The van der Waals surface area contributed by atoms with Crippen molar-refractivity contribution in [3.8, 4) is 0 Å². The fraction of sp³-hybridized carbons (Fsp3) is 0.400. The van der Waals surface area contributed by atoms with Gasteiger partial charge in [-0.2, -0.15) is 0 Å². The summed E-state index contributed by atoms with van der Waals surface area (Å²) in [6.45, 7) is 4.30. The average Bonchev–Trinajstić information content (AvgIpc) is 2.11. The lowest BCUT2D eigenvalue weighted by molar-refractivity contribution is 0.419. The van der Waals surface area contributed by atoms with Gasteiger partial charge in [0.25, 0.3) is 0 Å². The molecule has 14 heavy (non-hydrogen) atoms. The molecule has 1 atom stereocenters. The van der Waals surface area contributed by atoms with Crippen LogP contribution in [0.2, 0.25) is 0 Å². The highest BCUT2D eigenvalue weighted by Gasteiger charge is 2.16. The van der Waals surface area contributed by atoms with Crippen LogP contribution in [0.5, 0.6) is 0 Å². The van der Waals surface area contributed by atoms with Gasteiger partial charge in [0.1, 0.15) is 0 Å². The number of hydrogen-bond donors (Lipinski definition) is 2. The normalized spacial score (nSPS) is 13.3. The molecule has 3 N–H and O–H groups in total. The van der Waals surface area contributed by atoms with Crippen molar-refractivity contribution in [3.63, 3.8) is 0 Å². The first-order valence-electron chi connectivity index (χ1n) is 4.47. The molecule has 0 radical (unpaired) electrons. The van der Waals surface area contributed by atoms with Crippen LogP contribution in [0, 0.1) is 9.49 Å². The van der Waals surface area contributed by atoms with Crippen molar-refractivity contribution in [1.29, 1.82) is 0 Å². The van der Waals surface area contributed by atoms with E-state index in [0.717, 1.165) is 4.47 Å². The zero-order valence-electron chi connectivity index (χ0n) is 8.22. The minimum atomic E-state index is 0.194. The Morgan fingerprint density at radius 3 is 2.57 bits per heavy atom. The fourth-order valence-corrected chi connectivity index (χ4v) is 2.40. The van der Waals surface area contributed by atoms with E-state index in [1.807, 2.05) is 0 Å². The molecule has 0 bridgehead atoms. The lowest BCUT2D eigenvalue weighted by Gasteiger charge is -2.21. The van der Waals surface area contributed by atoms with E-state index in [0.29, 0.717) is 5.92 Å². The van der Waals surface area contributed by atoms with Crippen molar-refractivity contribution in [2.45, 2.75) is 19.9 Å². The first-order valence-corrected chi connectivity index (χ1v) is 6.34. The summed E-state index contributed by atoms with van der Waals surface area (Å²) in [5.41, 5.74) is 4.07. The molecule has 0 heterocycles. The van der Waals surface area contributed by atoms with Gasteiger partial charge in [-0.15, -0.1) is 0 Å². The zero-order valence-corrected chi connectivity index (χ0v) is 12.0. The van der Waals surface area contributed by atoms with E-state index < -0.39 is 0 Å². The molecular formula is C10H14BrIN2. The molecule has 0 aliphatic rings. The van der Waals surface area contributed by atoms with Crippen molar-refractivity contribution in [3.05, 3.63) is 31.8 Å². The van der Waals surface area contributed by atoms with E-state index in [1.54, 1.807) is 0 Å². The van der Waals surface area contributed by atoms with Gasteiger partial charge in [-0.05, 0) is 52.3 Å². The number of nitrogens with one attached hydrogen (secondary N) is 1. The largest absolute Gasteiger partial charge is 0.271 e. The van der Waals surface area contributed by atoms with E-state index in [1.165, 1.54) is 9.13 Å². The molecule has 0 saturated heterocycles. The Kier molecular flexibility index (Phi) is 4.82. The van der Waals surface area contributed by atoms with Crippen LogP contribution in [-0.2, 0) is 0 Å². The van der Waals surface area contributed by atoms with Gasteiger partial charge in [-0.1, -0.05) is 29.8 Å². The quantitative estimate of drug-likeness (QED) is 0.488. The summed E-state index contributed by atoms with van der Waals surface area (Å²) in [4.78, 5) is 0. The number of hydrazine groups is 1. The molecule has 2 nitrogen and oxygen atoms in total. The maximum Gasteiger partial charge on any atom is 0.0494 e. The van der Waals surface area contributed by atoms with Crippen molar-refractivity contribution in [1.82, 2.24) is 5.43 Å². The lowest BCUT2D eigenvalue weighted by Crippen LogP contribution is -2.31. The highest BCUT2D eigenvalue weighted by Crippen LogP contribution is 2.29. The highest BCUT2D eigenvalue weighted by atomic mass is 127. The van der Waals surface area contributed by atoms with Crippen LogP contribution < -0.4 is 11.3 Å². The van der Waals surface area contributed by atoms with Gasteiger partial charge in [0.2, 0.25) is 0 Å². The molecule has 0 fully saturated rings. The minimum absolute atomic E-state index is 0.194. The summed E-state index contributed by atoms with van der Waals surface area (Å²) in [7, 11) is 0. The number of hydrogen-bond acceptors (Lipinski definition) is 2. The van der Waals surface area contributed by atoms with Crippen molar-refractivity contribution in [2.24, 2.45) is 11.8 Å². The summed E-state index contributed by atoms with van der Waals surface area (Å²) in [6.07, 6.45) is 0. The van der Waals surface area contributed by atoms with Crippen LogP contribution in [0.15, 0.2) is 22.7 Å². The highest BCUT2D eigenvalue weighted by molar-refractivity contribution is 14.1. The Bertz CT molecular complexity index is 315. The molecule has 0 amide bonds. The maximum absolute atomic E-state index is 5.55. The molecule has 1 rings (SSSR count). The third-order valence-electron chi connectivity index (χ3n) is 2.14. The Labute approximate surface area is 107 Å². The molecule has 1 unspecified atom stereocenters. The van der Waals surface area contributed by atoms with Gasteiger partial charge >= 0.3 is 0 Å². The van der Waals surface area contributed by atoms with Crippen LogP contribution in [0.4, 0.5) is 0 Å². The maximum atomic E-state index is 5.55. The van der Waals surface area contributed by atoms with E-state index in [4.69, 9.17) is 5.84 Å². The molecule has 0 spiro atoms. The predicted octanol–water partition coefficient (Wildman–Crippen LogP) is 3.21. The fourth-order valence-electron chi connectivity index (χ4n) is 1.39. The monoisotopic (exact) mass is 368 g/mol. The van der Waals surface area contributed by atoms with Crippen LogP contribution >= 0.6 is 38.5 Å². The van der Waals surface area contributed by atoms with E-state index in [9.17, 15) is 0 Å². The average molecular weight is 369 g/mol. The smallest absolute Gasteiger partial charge is 0.0494 e. The van der Waals surface area contributed by atoms with Crippen molar-refractivity contribution < 1.29 is 0 Å². The second kappa shape index (κ2) is 5.44. The molecular weight excluding hydrogens is 355 g/mol. The molecule has 4 heteroatoms. The standard InChI is InChI=1S/C10H14BrIN2/c1-6(2)10(14-13)8-5-7(12)3-4-9(8)11/h3-6,10,14H,13H2,1-2H3. The Morgan fingerprint density at radius 1 is 1.43 bits per heavy atom. The first kappa shape index (κ1) is 12.4. The van der Waals surface area contributed by atoms with Crippen molar-refractivity contribution in [2.75, 3.05) is 0 Å². The molecule has 0 aliphatic heterocycles. The van der Waals surface area contributed by atoms with E-state index >= 15 is 0 Å². The van der Waals surface area contributed by atoms with Gasteiger partial charge in [0, 0.05) is 14.1 Å². The van der Waals surface area contributed by atoms with Gasteiger partial charge in [-0.3, -0.25) is 11.3 Å². The molecule has 0 saturated carbocycles. The predicted molar refractivity (Wildman–Crippen MR) is 71.8 cm³/mol. The Balaban J connectivity index is 3.08. The summed E-state index contributed by atoms with van der Waals surface area (Å²) in [6, 6.07) is 6.47. The number of rotatable bonds is 3. The topological polar surface area (TPSA) is 38.0 Å². The van der Waals surface area contributed by atoms with Crippen LogP contribution in [0.25, 0.3) is 0 Å². The van der Waals surface area contributed by atoms with Crippen LogP contribution in [0.3, 0.4) is 0 Å². The first-order chi connectivity index (χ1) is 6.56. The lowest BCUT2D eigenvalue weighted by atomic mass is 9.97. The summed E-state index contributed by atoms with van der Waals surface area (Å²) in [5, 5.41) is 0. The molecule has 0 aromatic heterocycles. The van der Waals surface area contributed by atoms with Crippen molar-refractivity contribution >= 4 is 38.5 Å². The number of nitrogens with two attached hydrogens (primary N) is 1. The van der Waals surface area contributed by atoms with Gasteiger partial charge < -0.3 is 0 Å². The van der Waals surface area contributed by atoms with Gasteiger partial charge in [-0.25, -0.2) is 0 Å². The van der Waals surface area contributed by atoms with Crippen LogP contribution in [-0.4, -0.2) is 0 Å². The van der Waals surface area contributed by atoms with E-state index in [2.05, 4.69) is 76.0 Å². The molecule has 1 aromatic carbocycles. The summed E-state index contributed by atoms with van der Waals surface area (Å²) >= 11 is 5.85. The van der Waals surface area contributed by atoms with Gasteiger partial charge in [0.15, 0.2) is 0 Å². The summed E-state index contributed by atoms with van der Waals surface area (Å²) in [5.74, 6) is 6.02.